The van der Waals surface area contributed by atoms with Crippen LogP contribution in [0.1, 0.15) is 12.0 Å². The zero-order valence-corrected chi connectivity index (χ0v) is 9.01. The van der Waals surface area contributed by atoms with Crippen LogP contribution in [0.25, 0.3) is 10.9 Å². The Kier molecular flexibility index (Phi) is 3.08. The van der Waals surface area contributed by atoms with Gasteiger partial charge in [0.2, 0.25) is 5.12 Å². The van der Waals surface area contributed by atoms with Gasteiger partial charge in [-0.05, 0) is 30.0 Å². The number of fused-ring (bicyclic) bond motifs is 1. The quantitative estimate of drug-likeness (QED) is 0.780. The first-order valence-electron chi connectivity index (χ1n) is 4.76. The van der Waals surface area contributed by atoms with Crippen LogP contribution in [-0.2, 0) is 11.2 Å². The summed E-state index contributed by atoms with van der Waals surface area (Å²) >= 11 is 0.803. The summed E-state index contributed by atoms with van der Waals surface area (Å²) in [5.41, 5.74) is 2.29. The second-order valence-electron chi connectivity index (χ2n) is 3.35. The monoisotopic (exact) mass is 220 g/mol. The molecule has 2 rings (SSSR count). The van der Waals surface area contributed by atoms with Crippen molar-refractivity contribution < 1.29 is 4.79 Å². The standard InChI is InChI=1S/C11H12N2OS/c12-15-11(14)6-5-8-7-13-10-4-2-1-3-9(8)10/h1-4,7,13H,5-6,12H2. The molecule has 2 aromatic rings. The molecule has 0 atom stereocenters. The third kappa shape index (κ3) is 2.22. The molecule has 0 bridgehead atoms. The Labute approximate surface area is 92.2 Å². The number of carbonyl (C=O) groups is 1. The van der Waals surface area contributed by atoms with Gasteiger partial charge in [0, 0.05) is 23.5 Å². The molecule has 0 spiro atoms. The van der Waals surface area contributed by atoms with Gasteiger partial charge < -0.3 is 4.98 Å². The predicted molar refractivity (Wildman–Crippen MR) is 63.4 cm³/mol. The van der Waals surface area contributed by atoms with Crippen molar-refractivity contribution in [1.29, 1.82) is 0 Å². The summed E-state index contributed by atoms with van der Waals surface area (Å²) in [6, 6.07) is 8.07. The van der Waals surface area contributed by atoms with Gasteiger partial charge in [-0.15, -0.1) is 0 Å². The Bertz CT molecular complexity index is 478. The molecular formula is C11H12N2OS. The maximum absolute atomic E-state index is 11.1. The number of hydrogen-bond donors (Lipinski definition) is 2. The highest BCUT2D eigenvalue weighted by Crippen LogP contribution is 2.19. The zero-order valence-electron chi connectivity index (χ0n) is 8.19. The van der Waals surface area contributed by atoms with Gasteiger partial charge in [0.05, 0.1) is 0 Å². The number of aromatic amines is 1. The van der Waals surface area contributed by atoms with Crippen molar-refractivity contribution in [2.75, 3.05) is 0 Å². The number of nitrogens with two attached hydrogens (primary N) is 1. The van der Waals surface area contributed by atoms with Gasteiger partial charge in [-0.2, -0.15) is 0 Å². The molecule has 15 heavy (non-hydrogen) atoms. The van der Waals surface area contributed by atoms with Gasteiger partial charge in [0.25, 0.3) is 0 Å². The zero-order chi connectivity index (χ0) is 10.7. The third-order valence-electron chi connectivity index (χ3n) is 2.40. The number of carbonyl (C=O) groups excluding carboxylic acids is 1. The molecule has 4 heteroatoms. The molecule has 3 nitrogen and oxygen atoms in total. The van der Waals surface area contributed by atoms with Crippen LogP contribution in [0, 0.1) is 0 Å². The molecule has 0 unspecified atom stereocenters. The number of benzene rings is 1. The fraction of sp³-hybridized carbons (Fsp3) is 0.182. The molecular weight excluding hydrogens is 208 g/mol. The van der Waals surface area contributed by atoms with E-state index in [0.717, 1.165) is 23.9 Å². The number of aryl methyl sites for hydroxylation is 1. The highest BCUT2D eigenvalue weighted by molar-refractivity contribution is 8.11. The number of aromatic nitrogens is 1. The Morgan fingerprint density at radius 2 is 2.20 bits per heavy atom. The minimum Gasteiger partial charge on any atom is -0.361 e. The predicted octanol–water partition coefficient (Wildman–Crippen LogP) is 2.23. The normalized spacial score (nSPS) is 10.7. The molecule has 0 amide bonds. The van der Waals surface area contributed by atoms with Gasteiger partial charge in [-0.3, -0.25) is 9.93 Å². The Morgan fingerprint density at radius 1 is 1.40 bits per heavy atom. The molecule has 0 aliphatic rings. The largest absolute Gasteiger partial charge is 0.361 e. The van der Waals surface area contributed by atoms with Crippen molar-refractivity contribution in [3.05, 3.63) is 36.0 Å². The molecule has 3 N–H and O–H groups in total. The Hall–Kier alpha value is -1.26. The van der Waals surface area contributed by atoms with Crippen molar-refractivity contribution in [2.24, 2.45) is 5.14 Å². The topological polar surface area (TPSA) is 58.9 Å². The van der Waals surface area contributed by atoms with Gasteiger partial charge in [0.1, 0.15) is 0 Å². The van der Waals surface area contributed by atoms with E-state index >= 15 is 0 Å². The molecule has 0 saturated carbocycles. The van der Waals surface area contributed by atoms with Gasteiger partial charge in [-0.25, -0.2) is 0 Å². The van der Waals surface area contributed by atoms with Crippen LogP contribution in [0.3, 0.4) is 0 Å². The summed E-state index contributed by atoms with van der Waals surface area (Å²) in [5.74, 6) is 0. The summed E-state index contributed by atoms with van der Waals surface area (Å²) in [4.78, 5) is 14.3. The first kappa shape index (κ1) is 10.3. The highest BCUT2D eigenvalue weighted by atomic mass is 32.2. The van der Waals surface area contributed by atoms with E-state index in [9.17, 15) is 4.79 Å². The molecule has 78 valence electrons. The Morgan fingerprint density at radius 3 is 3.00 bits per heavy atom. The summed E-state index contributed by atoms with van der Waals surface area (Å²) < 4.78 is 0. The van der Waals surface area contributed by atoms with Crippen LogP contribution < -0.4 is 5.14 Å². The summed E-state index contributed by atoms with van der Waals surface area (Å²) in [6.07, 6.45) is 3.19. The second kappa shape index (κ2) is 4.51. The van der Waals surface area contributed by atoms with Crippen molar-refractivity contribution >= 4 is 28.0 Å². The fourth-order valence-corrected chi connectivity index (χ4v) is 1.85. The van der Waals surface area contributed by atoms with Crippen molar-refractivity contribution in [2.45, 2.75) is 12.8 Å². The van der Waals surface area contributed by atoms with E-state index in [4.69, 9.17) is 5.14 Å². The lowest BCUT2D eigenvalue weighted by atomic mass is 10.1. The smallest absolute Gasteiger partial charge is 0.203 e. The maximum atomic E-state index is 11.1. The minimum absolute atomic E-state index is 0.0280. The van der Waals surface area contributed by atoms with E-state index in [1.807, 2.05) is 24.4 Å². The SMILES string of the molecule is NSC(=O)CCc1c[nH]c2ccccc12. The van der Waals surface area contributed by atoms with E-state index in [1.165, 1.54) is 10.9 Å². The highest BCUT2D eigenvalue weighted by Gasteiger charge is 2.05. The molecule has 1 heterocycles. The van der Waals surface area contributed by atoms with Crippen LogP contribution in [0.2, 0.25) is 0 Å². The molecule has 1 aromatic carbocycles. The van der Waals surface area contributed by atoms with E-state index in [1.54, 1.807) is 0 Å². The number of hydrogen-bond acceptors (Lipinski definition) is 3. The van der Waals surface area contributed by atoms with Gasteiger partial charge in [0.15, 0.2) is 0 Å². The average molecular weight is 220 g/mol. The van der Waals surface area contributed by atoms with Crippen molar-refractivity contribution in [3.8, 4) is 0 Å². The first-order valence-corrected chi connectivity index (χ1v) is 5.64. The van der Waals surface area contributed by atoms with E-state index in [0.29, 0.717) is 6.42 Å². The van der Waals surface area contributed by atoms with Crippen molar-refractivity contribution in [1.82, 2.24) is 4.98 Å². The first-order chi connectivity index (χ1) is 7.31. The lowest BCUT2D eigenvalue weighted by Gasteiger charge is -1.96. The van der Waals surface area contributed by atoms with E-state index in [2.05, 4.69) is 11.1 Å². The third-order valence-corrected chi connectivity index (χ3v) is 2.87. The van der Waals surface area contributed by atoms with Crippen LogP contribution in [0.4, 0.5) is 0 Å². The van der Waals surface area contributed by atoms with E-state index in [-0.39, 0.29) is 5.12 Å². The van der Waals surface area contributed by atoms with Crippen LogP contribution in [0.15, 0.2) is 30.5 Å². The molecule has 1 aromatic heterocycles. The molecule has 0 aliphatic carbocycles. The van der Waals surface area contributed by atoms with Crippen molar-refractivity contribution in [3.63, 3.8) is 0 Å². The number of H-pyrrole nitrogens is 1. The number of nitrogens with one attached hydrogen (secondary N) is 1. The van der Waals surface area contributed by atoms with Crippen LogP contribution in [0.5, 0.6) is 0 Å². The van der Waals surface area contributed by atoms with Gasteiger partial charge in [-0.1, -0.05) is 18.2 Å². The minimum atomic E-state index is 0.0280. The number of para-hydroxylation sites is 1. The molecule has 0 aliphatic heterocycles. The lowest BCUT2D eigenvalue weighted by Crippen LogP contribution is -1.97. The van der Waals surface area contributed by atoms with Crippen LogP contribution in [-0.4, -0.2) is 10.1 Å². The maximum Gasteiger partial charge on any atom is 0.203 e. The second-order valence-corrected chi connectivity index (χ2v) is 4.04. The van der Waals surface area contributed by atoms with Gasteiger partial charge >= 0.3 is 0 Å². The summed E-state index contributed by atoms with van der Waals surface area (Å²) in [5, 5.41) is 6.40. The van der Waals surface area contributed by atoms with Crippen LogP contribution >= 0.6 is 11.9 Å². The number of rotatable bonds is 3. The Balaban J connectivity index is 2.18. The molecule has 0 fully saturated rings. The molecule has 0 radical (unpaired) electrons. The average Bonchev–Trinajstić information content (AvgIpc) is 2.69. The van der Waals surface area contributed by atoms with E-state index < -0.39 is 0 Å². The fourth-order valence-electron chi connectivity index (χ4n) is 1.63. The summed E-state index contributed by atoms with van der Waals surface area (Å²) in [6.45, 7) is 0. The summed E-state index contributed by atoms with van der Waals surface area (Å²) in [7, 11) is 0. The lowest BCUT2D eigenvalue weighted by molar-refractivity contribution is -0.110. The molecule has 0 saturated heterocycles.